The van der Waals surface area contributed by atoms with Gasteiger partial charge in [0.1, 0.15) is 0 Å². The van der Waals surface area contributed by atoms with E-state index in [1.165, 1.54) is 6.92 Å². The van der Waals surface area contributed by atoms with Gasteiger partial charge in [0.2, 0.25) is 5.91 Å². The zero-order valence-electron chi connectivity index (χ0n) is 30.3. The summed E-state index contributed by atoms with van der Waals surface area (Å²) in [5, 5.41) is 12.1. The first-order chi connectivity index (χ1) is 20.0. The Bertz CT molecular complexity index is 1590. The molecule has 3 aromatic rings. The fourth-order valence-corrected chi connectivity index (χ4v) is 2.47. The number of carbonyl (C=O) groups is 1. The molecule has 0 saturated carbocycles. The van der Waals surface area contributed by atoms with Crippen LogP contribution < -0.4 is 11.1 Å². The molecule has 6 heteroatoms. The standard InChI is InChI=1S/C23H27N3O2S/c1-16-6-10-18(11-7-16)21(27)5-3-2-4-17-8-12-19(13-9-17)25-22(28)14-20-15-29-23(24)26-20/h6-13,15,21,27H,2-5,14H2,1H3,(H2,24,26)(H,25,28)/t21-/m0/s1/i2D2,5D2,6D,7D,8D,9D,10D,11D,12D,13D,14D2,15D. The van der Waals surface area contributed by atoms with Crippen molar-refractivity contribution in [3.05, 3.63) is 76.1 Å². The molecule has 0 radical (unpaired) electrons. The molecular weight excluding hydrogens is 382 g/mol. The predicted molar refractivity (Wildman–Crippen MR) is 119 cm³/mol. The van der Waals surface area contributed by atoms with Crippen molar-refractivity contribution in [3.8, 4) is 0 Å². The third-order valence-corrected chi connectivity index (χ3v) is 3.98. The average molecular weight is 425 g/mol. The van der Waals surface area contributed by atoms with Crippen LogP contribution in [0.15, 0.2) is 53.7 Å². The number of anilines is 2. The smallest absolute Gasteiger partial charge is 0.230 e. The van der Waals surface area contributed by atoms with Crippen molar-refractivity contribution >= 4 is 28.1 Å². The van der Waals surface area contributed by atoms with E-state index in [-0.39, 0.29) is 10.7 Å². The van der Waals surface area contributed by atoms with Crippen molar-refractivity contribution in [2.45, 2.75) is 45.0 Å². The van der Waals surface area contributed by atoms with Gasteiger partial charge in [0.05, 0.1) is 30.5 Å². The number of nitrogen functional groups attached to an aromatic ring is 1. The zero-order chi connectivity index (χ0) is 33.9. The summed E-state index contributed by atoms with van der Waals surface area (Å²) in [6, 6.07) is -5.75. The van der Waals surface area contributed by atoms with Gasteiger partial charge in [-0.25, -0.2) is 4.98 Å². The van der Waals surface area contributed by atoms with Crippen LogP contribution in [0.1, 0.15) is 68.2 Å². The van der Waals surface area contributed by atoms with Crippen LogP contribution >= 0.6 is 11.3 Å². The normalized spacial score (nSPS) is 20.8. The number of aliphatic hydroxyl groups excluding tert-OH is 1. The summed E-state index contributed by atoms with van der Waals surface area (Å²) in [7, 11) is 0. The number of hydrogen-bond donors (Lipinski definition) is 3. The number of aliphatic hydroxyl groups is 1. The summed E-state index contributed by atoms with van der Waals surface area (Å²) in [5.74, 6) is -1.47. The van der Waals surface area contributed by atoms with Crippen LogP contribution in [0.4, 0.5) is 10.8 Å². The van der Waals surface area contributed by atoms with E-state index in [9.17, 15) is 9.90 Å². The number of amides is 1. The number of nitrogens with two attached hydrogens (primary N) is 1. The number of thiazole rings is 1. The quantitative estimate of drug-likeness (QED) is 0.466. The first kappa shape index (κ1) is 8.98. The van der Waals surface area contributed by atoms with Gasteiger partial charge in [0.25, 0.3) is 0 Å². The maximum atomic E-state index is 12.8. The molecule has 0 bridgehead atoms. The first-order valence-corrected chi connectivity index (χ1v) is 9.16. The Kier molecular flexibility index (Phi) is 3.15. The van der Waals surface area contributed by atoms with Crippen LogP contribution in [0.3, 0.4) is 0 Å². The van der Waals surface area contributed by atoms with Crippen molar-refractivity contribution in [3.63, 3.8) is 0 Å². The van der Waals surface area contributed by atoms with Crippen molar-refractivity contribution in [2.24, 2.45) is 0 Å². The van der Waals surface area contributed by atoms with Gasteiger partial charge in [0, 0.05) is 19.3 Å². The van der Waals surface area contributed by atoms with E-state index >= 15 is 0 Å². The molecule has 5 nitrogen and oxygen atoms in total. The Hall–Kier alpha value is -2.70. The number of benzene rings is 2. The van der Waals surface area contributed by atoms with E-state index in [1.54, 1.807) is 0 Å². The van der Waals surface area contributed by atoms with Gasteiger partial charge in [-0.1, -0.05) is 48.2 Å². The number of nitrogens with zero attached hydrogens (tertiary/aromatic N) is 1. The van der Waals surface area contributed by atoms with Crippen LogP contribution in [0, 0.1) is 6.92 Å². The molecule has 0 fully saturated rings. The Balaban J connectivity index is 1.93. The predicted octanol–water partition coefficient (Wildman–Crippen LogP) is 4.66. The summed E-state index contributed by atoms with van der Waals surface area (Å²) >= 11 is 0.611. The van der Waals surface area contributed by atoms with E-state index < -0.39 is 120 Å². The molecule has 0 aliphatic heterocycles. The molecule has 2 aromatic carbocycles. The number of nitrogens with one attached hydrogen (secondary N) is 1. The highest BCUT2D eigenvalue weighted by Crippen LogP contribution is 2.21. The van der Waals surface area contributed by atoms with Gasteiger partial charge in [0.15, 0.2) is 5.13 Å². The van der Waals surface area contributed by atoms with Crippen LogP contribution in [-0.2, 0) is 17.6 Å². The minimum Gasteiger partial charge on any atom is -0.388 e. The zero-order valence-corrected chi connectivity index (χ0v) is 16.1. The molecule has 1 aromatic heterocycles. The third kappa shape index (κ3) is 6.69. The number of aromatic nitrogens is 1. The van der Waals surface area contributed by atoms with E-state index in [2.05, 4.69) is 4.98 Å². The monoisotopic (exact) mass is 424 g/mol. The fourth-order valence-electron chi connectivity index (χ4n) is 2.03. The Morgan fingerprint density at radius 1 is 1.28 bits per heavy atom. The van der Waals surface area contributed by atoms with E-state index in [0.29, 0.717) is 11.3 Å². The summed E-state index contributed by atoms with van der Waals surface area (Å²) in [6.07, 6.45) is -12.8. The number of rotatable bonds is 9. The van der Waals surface area contributed by atoms with E-state index in [0.717, 1.165) is 0 Å². The van der Waals surface area contributed by atoms with Crippen LogP contribution in [0.5, 0.6) is 0 Å². The van der Waals surface area contributed by atoms with Crippen LogP contribution in [0.2, 0.25) is 0 Å². The molecule has 152 valence electrons. The summed E-state index contributed by atoms with van der Waals surface area (Å²) < 4.78 is 123. The van der Waals surface area contributed by atoms with Gasteiger partial charge >= 0.3 is 0 Å². The van der Waals surface area contributed by atoms with Crippen molar-refractivity contribution in [2.75, 3.05) is 11.1 Å². The Morgan fingerprint density at radius 3 is 2.66 bits per heavy atom. The SMILES string of the molecule is [2H]c1sc(N)nc1C([2H])([2H])C(=O)Nc1c([2H])c([2H])c(CC([2H])([2H])CC([2H])([2H])[C@H](O)c2c([2H])c([2H])c(C)c([2H])c2[2H])c([2H])c1[2H]. The molecular formula is C23H27N3O2S. The molecule has 1 atom stereocenters. The van der Waals surface area contributed by atoms with E-state index in [4.69, 9.17) is 26.3 Å². The Morgan fingerprint density at radius 2 is 2.00 bits per heavy atom. The molecule has 3 rings (SSSR count). The minimum absolute atomic E-state index is 0.0278. The third-order valence-electron chi connectivity index (χ3n) is 3.39. The van der Waals surface area contributed by atoms with Crippen molar-refractivity contribution < 1.29 is 30.5 Å². The lowest BCUT2D eigenvalue weighted by Gasteiger charge is -2.11. The lowest BCUT2D eigenvalue weighted by molar-refractivity contribution is -0.115. The summed E-state index contributed by atoms with van der Waals surface area (Å²) in [5.41, 5.74) is 2.91. The number of hydrogen-bond acceptors (Lipinski definition) is 5. The molecule has 1 heterocycles. The van der Waals surface area contributed by atoms with Crippen LogP contribution in [0.25, 0.3) is 0 Å². The second-order valence-corrected chi connectivity index (χ2v) is 6.51. The fraction of sp³-hybridized carbons (Fsp3) is 0.304. The molecule has 0 unspecified atom stereocenters. The summed E-state index contributed by atoms with van der Waals surface area (Å²) in [6.45, 7) is 1.32. The average Bonchev–Trinajstić information content (AvgIpc) is 3.27. The highest BCUT2D eigenvalue weighted by atomic mass is 32.1. The summed E-state index contributed by atoms with van der Waals surface area (Å²) in [4.78, 5) is 16.4. The topological polar surface area (TPSA) is 88.2 Å². The van der Waals surface area contributed by atoms with Gasteiger partial charge in [-0.15, -0.1) is 11.3 Å². The molecule has 0 spiro atoms. The van der Waals surface area contributed by atoms with Gasteiger partial charge in [-0.3, -0.25) is 4.79 Å². The van der Waals surface area contributed by atoms with Crippen LogP contribution in [-0.4, -0.2) is 16.0 Å². The van der Waals surface area contributed by atoms with Gasteiger partial charge in [-0.2, -0.15) is 0 Å². The highest BCUT2D eigenvalue weighted by molar-refractivity contribution is 7.13. The van der Waals surface area contributed by atoms with Crippen molar-refractivity contribution in [1.82, 2.24) is 4.98 Å². The minimum atomic E-state index is -2.95. The second kappa shape index (κ2) is 10.2. The van der Waals surface area contributed by atoms with Gasteiger partial charge in [-0.05, 0) is 49.3 Å². The van der Waals surface area contributed by atoms with Gasteiger partial charge < -0.3 is 16.2 Å². The highest BCUT2D eigenvalue weighted by Gasteiger charge is 2.08. The molecule has 0 aliphatic carbocycles. The largest absolute Gasteiger partial charge is 0.388 e. The van der Waals surface area contributed by atoms with Crippen molar-refractivity contribution in [1.29, 1.82) is 0 Å². The lowest BCUT2D eigenvalue weighted by atomic mass is 10.0. The van der Waals surface area contributed by atoms with E-state index in [1.807, 2.05) is 5.32 Å². The molecule has 0 saturated heterocycles. The molecule has 0 aliphatic rings. The maximum absolute atomic E-state index is 12.8. The number of carbonyl (C=O) groups excluding carboxylic acids is 1. The second-order valence-electron chi connectivity index (χ2n) is 5.68. The molecule has 1 amide bonds. The Labute approximate surface area is 196 Å². The molecule has 29 heavy (non-hydrogen) atoms. The molecule has 4 N–H and O–H groups in total. The first-order valence-electron chi connectivity index (χ1n) is 15.8. The lowest BCUT2D eigenvalue weighted by Crippen LogP contribution is -2.14. The maximum Gasteiger partial charge on any atom is 0.230 e.